The second-order valence-electron chi connectivity index (χ2n) is 4.72. The maximum absolute atomic E-state index is 9.60. The van der Waals surface area contributed by atoms with Gasteiger partial charge in [0.05, 0.1) is 13.2 Å². The van der Waals surface area contributed by atoms with E-state index in [1.54, 1.807) is 0 Å². The predicted octanol–water partition coefficient (Wildman–Crippen LogP) is 4.05. The molecule has 120 valence electrons. The van der Waals surface area contributed by atoms with Crippen LogP contribution in [0, 0.1) is 0 Å². The Balaban J connectivity index is 0. The van der Waals surface area contributed by atoms with Crippen LogP contribution in [0.5, 0.6) is 0 Å². The SMILES string of the molecule is C=C(C)C(=O)O.CCCCCOCCOCCCCC. The Morgan fingerprint density at radius 3 is 1.50 bits per heavy atom. The molecule has 0 amide bonds. The van der Waals surface area contributed by atoms with Gasteiger partial charge in [0.1, 0.15) is 0 Å². The molecule has 0 rings (SSSR count). The predicted molar refractivity (Wildman–Crippen MR) is 83.1 cm³/mol. The van der Waals surface area contributed by atoms with Crippen molar-refractivity contribution in [2.24, 2.45) is 0 Å². The van der Waals surface area contributed by atoms with E-state index in [-0.39, 0.29) is 5.57 Å². The van der Waals surface area contributed by atoms with E-state index in [4.69, 9.17) is 14.6 Å². The molecule has 0 aliphatic carbocycles. The number of rotatable bonds is 12. The number of ether oxygens (including phenoxy) is 2. The number of hydrogen-bond acceptors (Lipinski definition) is 3. The van der Waals surface area contributed by atoms with Crippen molar-refractivity contribution in [3.63, 3.8) is 0 Å². The van der Waals surface area contributed by atoms with Crippen molar-refractivity contribution in [1.82, 2.24) is 0 Å². The molecule has 0 heterocycles. The van der Waals surface area contributed by atoms with E-state index in [0.29, 0.717) is 0 Å². The van der Waals surface area contributed by atoms with Gasteiger partial charge in [-0.15, -0.1) is 0 Å². The Morgan fingerprint density at radius 2 is 1.25 bits per heavy atom. The fourth-order valence-electron chi connectivity index (χ4n) is 1.23. The molecular formula is C16H32O4. The maximum Gasteiger partial charge on any atom is 0.330 e. The fraction of sp³-hybridized carbons (Fsp3) is 0.812. The standard InChI is InChI=1S/C12H26O2.C4H6O2/c1-3-5-7-9-13-11-12-14-10-8-6-4-2;1-3(2)4(5)6/h3-12H2,1-2H3;1H2,2H3,(H,5,6). The van der Waals surface area contributed by atoms with Crippen molar-refractivity contribution < 1.29 is 19.4 Å². The second-order valence-corrected chi connectivity index (χ2v) is 4.72. The number of carbonyl (C=O) groups is 1. The van der Waals surface area contributed by atoms with Crippen LogP contribution >= 0.6 is 0 Å². The molecule has 0 aromatic carbocycles. The van der Waals surface area contributed by atoms with Crippen LogP contribution in [-0.2, 0) is 14.3 Å². The third-order valence-corrected chi connectivity index (χ3v) is 2.52. The molecule has 4 nitrogen and oxygen atoms in total. The highest BCUT2D eigenvalue weighted by Crippen LogP contribution is 1.95. The molecule has 0 aliphatic rings. The molecule has 0 bridgehead atoms. The molecule has 20 heavy (non-hydrogen) atoms. The smallest absolute Gasteiger partial charge is 0.330 e. The highest BCUT2D eigenvalue weighted by Gasteiger charge is 1.91. The number of unbranched alkanes of at least 4 members (excludes halogenated alkanes) is 4. The summed E-state index contributed by atoms with van der Waals surface area (Å²) >= 11 is 0. The van der Waals surface area contributed by atoms with E-state index in [2.05, 4.69) is 20.4 Å². The minimum atomic E-state index is -0.935. The minimum absolute atomic E-state index is 0.176. The summed E-state index contributed by atoms with van der Waals surface area (Å²) in [5.41, 5.74) is 0.176. The lowest BCUT2D eigenvalue weighted by Crippen LogP contribution is -2.06. The van der Waals surface area contributed by atoms with Crippen LogP contribution in [0.15, 0.2) is 12.2 Å². The topological polar surface area (TPSA) is 55.8 Å². The van der Waals surface area contributed by atoms with Crippen molar-refractivity contribution in [2.45, 2.75) is 59.3 Å². The molecule has 0 spiro atoms. The van der Waals surface area contributed by atoms with Crippen molar-refractivity contribution in [3.05, 3.63) is 12.2 Å². The summed E-state index contributed by atoms with van der Waals surface area (Å²) < 4.78 is 10.8. The van der Waals surface area contributed by atoms with Crippen molar-refractivity contribution >= 4 is 5.97 Å². The summed E-state index contributed by atoms with van der Waals surface area (Å²) in [6, 6.07) is 0. The van der Waals surface area contributed by atoms with Gasteiger partial charge in [-0.3, -0.25) is 0 Å². The average Bonchev–Trinajstić information content (AvgIpc) is 2.41. The Hall–Kier alpha value is -0.870. The van der Waals surface area contributed by atoms with E-state index in [1.807, 2.05) is 0 Å². The molecule has 0 unspecified atom stereocenters. The van der Waals surface area contributed by atoms with Gasteiger partial charge in [-0.2, -0.15) is 0 Å². The molecule has 0 fully saturated rings. The quantitative estimate of drug-likeness (QED) is 0.435. The zero-order valence-corrected chi connectivity index (χ0v) is 13.5. The zero-order valence-electron chi connectivity index (χ0n) is 13.5. The number of carboxylic acids is 1. The zero-order chi connectivity index (χ0) is 15.6. The molecule has 0 aromatic rings. The average molecular weight is 288 g/mol. The first-order chi connectivity index (χ1) is 9.56. The molecule has 0 radical (unpaired) electrons. The van der Waals surface area contributed by atoms with Crippen LogP contribution in [0.4, 0.5) is 0 Å². The largest absolute Gasteiger partial charge is 0.478 e. The molecule has 0 aromatic heterocycles. The van der Waals surface area contributed by atoms with Crippen LogP contribution in [0.25, 0.3) is 0 Å². The van der Waals surface area contributed by atoms with Crippen LogP contribution < -0.4 is 0 Å². The molecule has 0 saturated carbocycles. The third-order valence-electron chi connectivity index (χ3n) is 2.52. The van der Waals surface area contributed by atoms with Crippen molar-refractivity contribution in [3.8, 4) is 0 Å². The lowest BCUT2D eigenvalue weighted by atomic mass is 10.3. The summed E-state index contributed by atoms with van der Waals surface area (Å²) in [6.07, 6.45) is 7.45. The summed E-state index contributed by atoms with van der Waals surface area (Å²) in [5, 5.41) is 7.89. The summed E-state index contributed by atoms with van der Waals surface area (Å²) in [5.74, 6) is -0.935. The Bertz CT molecular complexity index is 203. The highest BCUT2D eigenvalue weighted by atomic mass is 16.5. The summed E-state index contributed by atoms with van der Waals surface area (Å²) in [4.78, 5) is 9.60. The molecular weight excluding hydrogens is 256 g/mol. The van der Waals surface area contributed by atoms with E-state index in [9.17, 15) is 4.79 Å². The number of hydrogen-bond donors (Lipinski definition) is 1. The van der Waals surface area contributed by atoms with E-state index in [0.717, 1.165) is 26.4 Å². The van der Waals surface area contributed by atoms with Crippen LogP contribution in [0.1, 0.15) is 59.3 Å². The molecule has 0 aliphatic heterocycles. The Kier molecular flexibility index (Phi) is 19.4. The van der Waals surface area contributed by atoms with Gasteiger partial charge in [-0.1, -0.05) is 46.1 Å². The van der Waals surface area contributed by atoms with Crippen LogP contribution in [-0.4, -0.2) is 37.5 Å². The first-order valence-electron chi connectivity index (χ1n) is 7.60. The summed E-state index contributed by atoms with van der Waals surface area (Å²) in [7, 11) is 0. The van der Waals surface area contributed by atoms with Gasteiger partial charge in [0, 0.05) is 18.8 Å². The normalized spacial score (nSPS) is 9.75. The fourth-order valence-corrected chi connectivity index (χ4v) is 1.23. The van der Waals surface area contributed by atoms with Gasteiger partial charge in [0.25, 0.3) is 0 Å². The van der Waals surface area contributed by atoms with Gasteiger partial charge in [-0.05, 0) is 19.8 Å². The molecule has 0 saturated heterocycles. The van der Waals surface area contributed by atoms with E-state index in [1.165, 1.54) is 45.4 Å². The first-order valence-corrected chi connectivity index (χ1v) is 7.60. The monoisotopic (exact) mass is 288 g/mol. The molecule has 0 atom stereocenters. The van der Waals surface area contributed by atoms with Gasteiger partial charge >= 0.3 is 5.97 Å². The summed E-state index contributed by atoms with van der Waals surface area (Å²) in [6.45, 7) is 12.3. The van der Waals surface area contributed by atoms with Crippen molar-refractivity contribution in [2.75, 3.05) is 26.4 Å². The van der Waals surface area contributed by atoms with Crippen LogP contribution in [0.3, 0.4) is 0 Å². The second kappa shape index (κ2) is 18.1. The highest BCUT2D eigenvalue weighted by molar-refractivity contribution is 5.84. The van der Waals surface area contributed by atoms with E-state index >= 15 is 0 Å². The van der Waals surface area contributed by atoms with Gasteiger partial charge in [-0.25, -0.2) is 4.79 Å². The lowest BCUT2D eigenvalue weighted by Gasteiger charge is -2.04. The number of aliphatic carboxylic acids is 1. The van der Waals surface area contributed by atoms with Crippen molar-refractivity contribution in [1.29, 1.82) is 0 Å². The Morgan fingerprint density at radius 1 is 0.900 bits per heavy atom. The van der Waals surface area contributed by atoms with Gasteiger partial charge < -0.3 is 14.6 Å². The third kappa shape index (κ3) is 22.3. The molecule has 1 N–H and O–H groups in total. The molecule has 4 heteroatoms. The first kappa shape index (κ1) is 21.4. The maximum atomic E-state index is 9.60. The van der Waals surface area contributed by atoms with E-state index < -0.39 is 5.97 Å². The van der Waals surface area contributed by atoms with Gasteiger partial charge in [0.2, 0.25) is 0 Å². The minimum Gasteiger partial charge on any atom is -0.478 e. The van der Waals surface area contributed by atoms with Gasteiger partial charge in [0.15, 0.2) is 0 Å². The lowest BCUT2D eigenvalue weighted by molar-refractivity contribution is -0.132. The van der Waals surface area contributed by atoms with Crippen LogP contribution in [0.2, 0.25) is 0 Å². The Labute approximate surface area is 124 Å². The number of carboxylic acid groups (broad SMARTS) is 1.